The van der Waals surface area contributed by atoms with Crippen molar-refractivity contribution in [3.63, 3.8) is 0 Å². The first kappa shape index (κ1) is 30.3. The molecule has 0 unspecified atom stereocenters. The predicted molar refractivity (Wildman–Crippen MR) is 155 cm³/mol. The van der Waals surface area contributed by atoms with Gasteiger partial charge in [-0.25, -0.2) is 4.79 Å². The number of fused-ring (bicyclic) bond motifs is 5. The Bertz CT molecular complexity index is 1150. The molecule has 8 heteroatoms. The second-order valence-corrected chi connectivity index (χ2v) is 15.6. The van der Waals surface area contributed by atoms with Gasteiger partial charge in [-0.05, 0) is 120 Å². The maximum atomic E-state index is 13.4. The van der Waals surface area contributed by atoms with E-state index in [1.807, 2.05) is 33.8 Å². The molecule has 0 aromatic rings. The van der Waals surface area contributed by atoms with Crippen LogP contribution >= 0.6 is 0 Å². The number of hydrogen-bond acceptors (Lipinski definition) is 8. The highest BCUT2D eigenvalue weighted by Gasteiger charge is 2.72. The molecule has 2 aliphatic heterocycles. The van der Waals surface area contributed by atoms with Crippen LogP contribution in [0.4, 0.5) is 0 Å². The number of carbonyl (C=O) groups excluding carboxylic acids is 2. The molecule has 234 valence electrons. The summed E-state index contributed by atoms with van der Waals surface area (Å²) in [7, 11) is 0. The molecule has 4 saturated carbocycles. The van der Waals surface area contributed by atoms with Crippen LogP contribution < -0.4 is 0 Å². The standard InChI is InChI=1S/C34H50O8/c1-19-26(35)9-10-29(40-19)41-22-11-13-32(5)21(16-22)7-8-24-25(32)17-27(42-30(37)31(2,3)4)33(6)23(12-14-34(24,33)38)20-15-28(36)39-18-20/h9-10,15,19,21-27,29,35,38H,7-8,11-14,16-18H2,1-6H3/t19-,21+,22-,23+,24+,25-,26+,27+,29-,32-,33-,34-/m0/s1. The van der Waals surface area contributed by atoms with Gasteiger partial charge in [0.05, 0.1) is 29.3 Å². The topological polar surface area (TPSA) is 112 Å². The van der Waals surface area contributed by atoms with Crippen molar-refractivity contribution < 1.29 is 38.7 Å². The second-order valence-electron chi connectivity index (χ2n) is 15.6. The van der Waals surface area contributed by atoms with Gasteiger partial charge < -0.3 is 29.2 Å². The summed E-state index contributed by atoms with van der Waals surface area (Å²) in [5.41, 5.74) is -1.46. The third-order valence-corrected chi connectivity index (χ3v) is 12.5. The molecule has 12 atom stereocenters. The van der Waals surface area contributed by atoms with Gasteiger partial charge in [0.15, 0.2) is 6.29 Å². The highest BCUT2D eigenvalue weighted by molar-refractivity contribution is 5.85. The van der Waals surface area contributed by atoms with E-state index in [1.165, 1.54) is 0 Å². The number of hydrogen-bond donors (Lipinski definition) is 2. The fourth-order valence-corrected chi connectivity index (χ4v) is 9.89. The van der Waals surface area contributed by atoms with Gasteiger partial charge in [0.1, 0.15) is 12.7 Å². The van der Waals surface area contributed by atoms with Crippen molar-refractivity contribution >= 4 is 11.9 Å². The molecule has 0 spiro atoms. The van der Waals surface area contributed by atoms with Gasteiger partial charge in [0.2, 0.25) is 0 Å². The maximum Gasteiger partial charge on any atom is 0.331 e. The zero-order valence-corrected chi connectivity index (χ0v) is 26.1. The van der Waals surface area contributed by atoms with E-state index < -0.39 is 34.9 Å². The third kappa shape index (κ3) is 4.70. The number of aliphatic hydroxyl groups is 2. The zero-order chi connectivity index (χ0) is 30.2. The fraction of sp³-hybridized carbons (Fsp3) is 0.824. The van der Waals surface area contributed by atoms with Crippen molar-refractivity contribution in [3.05, 3.63) is 23.8 Å². The Labute approximate surface area is 250 Å². The Hall–Kier alpha value is -1.74. The molecule has 0 radical (unpaired) electrons. The molecule has 0 bridgehead atoms. The molecule has 0 saturated heterocycles. The first-order valence-electron chi connectivity index (χ1n) is 16.1. The van der Waals surface area contributed by atoms with E-state index >= 15 is 0 Å². The lowest BCUT2D eigenvalue weighted by atomic mass is 9.42. The average Bonchev–Trinajstić information content (AvgIpc) is 3.47. The molecule has 6 rings (SSSR count). The van der Waals surface area contributed by atoms with E-state index in [0.29, 0.717) is 18.8 Å². The summed E-state index contributed by atoms with van der Waals surface area (Å²) in [6.07, 6.45) is 10.3. The highest BCUT2D eigenvalue weighted by atomic mass is 16.7. The van der Waals surface area contributed by atoms with Gasteiger partial charge in [-0.15, -0.1) is 0 Å². The molecule has 2 N–H and O–H groups in total. The zero-order valence-electron chi connectivity index (χ0n) is 26.1. The van der Waals surface area contributed by atoms with Gasteiger partial charge >= 0.3 is 11.9 Å². The van der Waals surface area contributed by atoms with Crippen LogP contribution in [0.5, 0.6) is 0 Å². The molecule has 0 aromatic heterocycles. The van der Waals surface area contributed by atoms with Crippen molar-refractivity contribution in [2.24, 2.45) is 39.9 Å². The van der Waals surface area contributed by atoms with E-state index in [9.17, 15) is 19.8 Å². The smallest absolute Gasteiger partial charge is 0.331 e. The first-order chi connectivity index (χ1) is 19.7. The summed E-state index contributed by atoms with van der Waals surface area (Å²) in [5, 5.41) is 22.8. The summed E-state index contributed by atoms with van der Waals surface area (Å²) in [5.74, 6) is 0.0901. The van der Waals surface area contributed by atoms with E-state index in [1.54, 1.807) is 12.2 Å². The molecule has 8 nitrogen and oxygen atoms in total. The van der Waals surface area contributed by atoms with Crippen LogP contribution in [0.3, 0.4) is 0 Å². The van der Waals surface area contributed by atoms with E-state index in [2.05, 4.69) is 13.8 Å². The molecular weight excluding hydrogens is 536 g/mol. The summed E-state index contributed by atoms with van der Waals surface area (Å²) < 4.78 is 24.0. The van der Waals surface area contributed by atoms with Crippen molar-refractivity contribution in [2.45, 2.75) is 129 Å². The quantitative estimate of drug-likeness (QED) is 0.355. The number of esters is 2. The van der Waals surface area contributed by atoms with E-state index in [-0.39, 0.29) is 53.9 Å². The molecule has 4 aliphatic carbocycles. The lowest BCUT2D eigenvalue weighted by Crippen LogP contribution is -2.67. The van der Waals surface area contributed by atoms with Crippen LogP contribution in [0.1, 0.15) is 92.9 Å². The number of rotatable bonds is 4. The normalized spacial score (nSPS) is 48.5. The van der Waals surface area contributed by atoms with Crippen LogP contribution in [0.15, 0.2) is 23.8 Å². The van der Waals surface area contributed by atoms with Crippen LogP contribution in [-0.4, -0.2) is 65.1 Å². The fourth-order valence-electron chi connectivity index (χ4n) is 9.89. The molecule has 6 aliphatic rings. The van der Waals surface area contributed by atoms with Crippen LogP contribution in [0.25, 0.3) is 0 Å². The van der Waals surface area contributed by atoms with Crippen molar-refractivity contribution in [1.82, 2.24) is 0 Å². The van der Waals surface area contributed by atoms with Crippen LogP contribution in [-0.2, 0) is 28.5 Å². The SMILES string of the molecule is C[C@@H]1O[C@@H](O[C@H]2CC[C@@]3(C)[C@H](CC[C@@H]4[C@@H]3C[C@@H](OC(=O)C(C)(C)C)[C@]3(C)[C@@H](C5=CC(=O)OC5)CC[C@]43O)C2)C=C[C@H]1O. The average molecular weight is 587 g/mol. The minimum Gasteiger partial charge on any atom is -0.461 e. The lowest BCUT2D eigenvalue weighted by molar-refractivity contribution is -0.258. The second kappa shape index (κ2) is 10.4. The molecule has 4 fully saturated rings. The van der Waals surface area contributed by atoms with Crippen molar-refractivity contribution in [1.29, 1.82) is 0 Å². The Kier molecular flexibility index (Phi) is 7.52. The number of aliphatic hydroxyl groups excluding tert-OH is 1. The summed E-state index contributed by atoms with van der Waals surface area (Å²) in [6, 6.07) is 0. The Morgan fingerprint density at radius 3 is 2.48 bits per heavy atom. The van der Waals surface area contributed by atoms with Gasteiger partial charge in [-0.1, -0.05) is 19.9 Å². The van der Waals surface area contributed by atoms with Crippen LogP contribution in [0.2, 0.25) is 0 Å². The molecule has 42 heavy (non-hydrogen) atoms. The summed E-state index contributed by atoms with van der Waals surface area (Å²) in [6.45, 7) is 12.2. The first-order valence-corrected chi connectivity index (χ1v) is 16.1. The number of ether oxygens (including phenoxy) is 4. The summed E-state index contributed by atoms with van der Waals surface area (Å²) in [4.78, 5) is 25.5. The summed E-state index contributed by atoms with van der Waals surface area (Å²) >= 11 is 0. The monoisotopic (exact) mass is 586 g/mol. The van der Waals surface area contributed by atoms with E-state index in [4.69, 9.17) is 18.9 Å². The van der Waals surface area contributed by atoms with Crippen molar-refractivity contribution in [3.8, 4) is 0 Å². The van der Waals surface area contributed by atoms with Crippen LogP contribution in [0, 0.1) is 39.9 Å². The molecule has 2 heterocycles. The Balaban J connectivity index is 1.28. The minimum absolute atomic E-state index is 0.0111. The predicted octanol–water partition coefficient (Wildman–Crippen LogP) is 4.86. The number of cyclic esters (lactones) is 1. The van der Waals surface area contributed by atoms with Gasteiger partial charge in [-0.3, -0.25) is 4.79 Å². The molecule has 0 amide bonds. The van der Waals surface area contributed by atoms with Gasteiger partial charge in [0, 0.05) is 11.5 Å². The highest BCUT2D eigenvalue weighted by Crippen LogP contribution is 2.70. The van der Waals surface area contributed by atoms with Crippen molar-refractivity contribution in [2.75, 3.05) is 6.61 Å². The maximum absolute atomic E-state index is 13.4. The molecule has 0 aromatic carbocycles. The molecular formula is C34H50O8. The Morgan fingerprint density at radius 2 is 1.81 bits per heavy atom. The van der Waals surface area contributed by atoms with Gasteiger partial charge in [-0.2, -0.15) is 0 Å². The van der Waals surface area contributed by atoms with E-state index in [0.717, 1.165) is 44.1 Å². The lowest BCUT2D eigenvalue weighted by Gasteiger charge is -2.65. The third-order valence-electron chi connectivity index (χ3n) is 12.5. The Morgan fingerprint density at radius 1 is 1.05 bits per heavy atom. The van der Waals surface area contributed by atoms with Gasteiger partial charge in [0.25, 0.3) is 0 Å². The largest absolute Gasteiger partial charge is 0.461 e. The number of carbonyl (C=O) groups is 2. The minimum atomic E-state index is -1.01.